The van der Waals surface area contributed by atoms with Gasteiger partial charge in [0.05, 0.1) is 5.01 Å². The minimum atomic E-state index is -2.79. The standard InChI is InChI=1S/C15H18F2N2OS/c1-10(14-18-7-8-21-14)9-19-11(2)12-3-5-13(6-4-12)20-15(16)17/h3-8,10-11,15,19H,9H2,1-2H3. The van der Waals surface area contributed by atoms with Gasteiger partial charge in [-0.25, -0.2) is 4.98 Å². The predicted octanol–water partition coefficient (Wildman–Crippen LogP) is 4.20. The van der Waals surface area contributed by atoms with Crippen LogP contribution in [0.15, 0.2) is 35.8 Å². The smallest absolute Gasteiger partial charge is 0.387 e. The molecule has 0 aliphatic carbocycles. The maximum absolute atomic E-state index is 12.1. The van der Waals surface area contributed by atoms with Gasteiger partial charge in [-0.2, -0.15) is 8.78 Å². The van der Waals surface area contributed by atoms with Crippen LogP contribution in [0.25, 0.3) is 0 Å². The number of alkyl halides is 2. The average Bonchev–Trinajstić information content (AvgIpc) is 2.99. The van der Waals surface area contributed by atoms with Gasteiger partial charge >= 0.3 is 6.61 Å². The van der Waals surface area contributed by atoms with Crippen molar-refractivity contribution in [1.29, 1.82) is 0 Å². The van der Waals surface area contributed by atoms with Crippen LogP contribution in [0.1, 0.15) is 36.4 Å². The maximum atomic E-state index is 12.1. The molecule has 0 amide bonds. The van der Waals surface area contributed by atoms with Crippen molar-refractivity contribution in [2.24, 2.45) is 0 Å². The fraction of sp³-hybridized carbons (Fsp3) is 0.400. The number of nitrogens with one attached hydrogen (secondary N) is 1. The van der Waals surface area contributed by atoms with Crippen molar-refractivity contribution in [3.8, 4) is 5.75 Å². The summed E-state index contributed by atoms with van der Waals surface area (Å²) in [4.78, 5) is 4.30. The van der Waals surface area contributed by atoms with E-state index in [0.29, 0.717) is 5.92 Å². The van der Waals surface area contributed by atoms with Gasteiger partial charge in [-0.05, 0) is 24.6 Å². The molecule has 0 radical (unpaired) electrons. The molecule has 2 rings (SSSR count). The molecule has 0 bridgehead atoms. The van der Waals surface area contributed by atoms with Crippen LogP contribution in [0.5, 0.6) is 5.75 Å². The molecular weight excluding hydrogens is 294 g/mol. The number of aromatic nitrogens is 1. The molecule has 2 unspecified atom stereocenters. The van der Waals surface area contributed by atoms with Crippen LogP contribution in [-0.2, 0) is 0 Å². The maximum Gasteiger partial charge on any atom is 0.387 e. The highest BCUT2D eigenvalue weighted by atomic mass is 32.1. The van der Waals surface area contributed by atoms with Crippen molar-refractivity contribution in [3.63, 3.8) is 0 Å². The summed E-state index contributed by atoms with van der Waals surface area (Å²) >= 11 is 1.65. The average molecular weight is 312 g/mol. The summed E-state index contributed by atoms with van der Waals surface area (Å²) in [5, 5.41) is 6.50. The van der Waals surface area contributed by atoms with Gasteiger partial charge in [-0.3, -0.25) is 0 Å². The second-order valence-corrected chi connectivity index (χ2v) is 5.78. The lowest BCUT2D eigenvalue weighted by molar-refractivity contribution is -0.0498. The van der Waals surface area contributed by atoms with E-state index in [-0.39, 0.29) is 11.8 Å². The van der Waals surface area contributed by atoms with Gasteiger partial charge in [0.25, 0.3) is 0 Å². The third-order valence-electron chi connectivity index (χ3n) is 3.21. The van der Waals surface area contributed by atoms with Crippen molar-refractivity contribution < 1.29 is 13.5 Å². The molecule has 114 valence electrons. The number of nitrogens with zero attached hydrogens (tertiary/aromatic N) is 1. The van der Waals surface area contributed by atoms with Gasteiger partial charge in [-0.1, -0.05) is 19.1 Å². The molecule has 0 spiro atoms. The topological polar surface area (TPSA) is 34.1 Å². The van der Waals surface area contributed by atoms with Crippen LogP contribution in [0.4, 0.5) is 8.78 Å². The van der Waals surface area contributed by atoms with Crippen LogP contribution in [0, 0.1) is 0 Å². The van der Waals surface area contributed by atoms with Crippen molar-refractivity contribution >= 4 is 11.3 Å². The molecule has 0 saturated carbocycles. The molecule has 0 saturated heterocycles. The van der Waals surface area contributed by atoms with E-state index in [2.05, 4.69) is 22.0 Å². The molecule has 1 aromatic heterocycles. The van der Waals surface area contributed by atoms with Crippen LogP contribution in [0.3, 0.4) is 0 Å². The number of thiazole rings is 1. The Kier molecular flexibility index (Phi) is 5.64. The van der Waals surface area contributed by atoms with Gasteiger partial charge in [0.1, 0.15) is 5.75 Å². The SMILES string of the molecule is CC(CNC(C)c1ccc(OC(F)F)cc1)c1nccs1. The quantitative estimate of drug-likeness (QED) is 0.832. The zero-order chi connectivity index (χ0) is 15.2. The zero-order valence-electron chi connectivity index (χ0n) is 11.9. The Morgan fingerprint density at radius 3 is 2.52 bits per heavy atom. The Morgan fingerprint density at radius 2 is 1.95 bits per heavy atom. The molecule has 1 heterocycles. The first-order valence-corrected chi connectivity index (χ1v) is 7.61. The zero-order valence-corrected chi connectivity index (χ0v) is 12.7. The molecule has 0 fully saturated rings. The normalized spacial score (nSPS) is 14.1. The molecule has 21 heavy (non-hydrogen) atoms. The van der Waals surface area contributed by atoms with Gasteiger partial charge in [0.15, 0.2) is 0 Å². The number of benzene rings is 1. The Hall–Kier alpha value is -1.53. The Labute approximate surface area is 127 Å². The van der Waals surface area contributed by atoms with Crippen LogP contribution in [-0.4, -0.2) is 18.1 Å². The first kappa shape index (κ1) is 15.9. The highest BCUT2D eigenvalue weighted by Gasteiger charge is 2.11. The molecular formula is C15H18F2N2OS. The highest BCUT2D eigenvalue weighted by molar-refractivity contribution is 7.09. The Morgan fingerprint density at radius 1 is 1.24 bits per heavy atom. The van der Waals surface area contributed by atoms with E-state index in [1.807, 2.05) is 18.5 Å². The third kappa shape index (κ3) is 4.75. The highest BCUT2D eigenvalue weighted by Crippen LogP contribution is 2.21. The van der Waals surface area contributed by atoms with Crippen molar-refractivity contribution in [2.75, 3.05) is 6.54 Å². The van der Waals surface area contributed by atoms with E-state index >= 15 is 0 Å². The van der Waals surface area contributed by atoms with Crippen LogP contribution < -0.4 is 10.1 Å². The molecule has 6 heteroatoms. The lowest BCUT2D eigenvalue weighted by Crippen LogP contribution is -2.23. The van der Waals surface area contributed by atoms with E-state index in [9.17, 15) is 8.78 Å². The summed E-state index contributed by atoms with van der Waals surface area (Å²) in [5.74, 6) is 0.519. The molecule has 2 aromatic rings. The summed E-state index contributed by atoms with van der Waals surface area (Å²) in [5.41, 5.74) is 1.03. The molecule has 1 N–H and O–H groups in total. The third-order valence-corrected chi connectivity index (χ3v) is 4.22. The summed E-state index contributed by atoms with van der Waals surface area (Å²) < 4.78 is 28.5. The Balaban J connectivity index is 1.86. The summed E-state index contributed by atoms with van der Waals surface area (Å²) in [6, 6.07) is 6.84. The van der Waals surface area contributed by atoms with Crippen molar-refractivity contribution in [3.05, 3.63) is 46.4 Å². The number of rotatable bonds is 7. The fourth-order valence-electron chi connectivity index (χ4n) is 1.97. The minimum Gasteiger partial charge on any atom is -0.435 e. The molecule has 2 atom stereocenters. The number of hydrogen-bond donors (Lipinski definition) is 1. The first-order chi connectivity index (χ1) is 10.1. The lowest BCUT2D eigenvalue weighted by Gasteiger charge is -2.17. The summed E-state index contributed by atoms with van der Waals surface area (Å²) in [6.07, 6.45) is 1.81. The largest absolute Gasteiger partial charge is 0.435 e. The number of ether oxygens (including phenoxy) is 1. The summed E-state index contributed by atoms with van der Waals surface area (Å²) in [6.45, 7) is 2.19. The molecule has 0 aliphatic heterocycles. The molecule has 3 nitrogen and oxygen atoms in total. The van der Waals surface area contributed by atoms with Gasteiger partial charge < -0.3 is 10.1 Å². The minimum absolute atomic E-state index is 0.132. The van der Waals surface area contributed by atoms with Gasteiger partial charge in [0, 0.05) is 30.1 Å². The number of halogens is 2. The van der Waals surface area contributed by atoms with Gasteiger partial charge in [0.2, 0.25) is 0 Å². The lowest BCUT2D eigenvalue weighted by atomic mass is 10.1. The van der Waals surface area contributed by atoms with Gasteiger partial charge in [-0.15, -0.1) is 11.3 Å². The Bertz CT molecular complexity index is 531. The first-order valence-electron chi connectivity index (χ1n) is 6.74. The molecule has 1 aromatic carbocycles. The van der Waals surface area contributed by atoms with E-state index in [0.717, 1.165) is 17.1 Å². The van der Waals surface area contributed by atoms with E-state index < -0.39 is 6.61 Å². The van der Waals surface area contributed by atoms with E-state index in [1.54, 1.807) is 35.6 Å². The van der Waals surface area contributed by atoms with Crippen LogP contribution >= 0.6 is 11.3 Å². The second-order valence-electron chi connectivity index (χ2n) is 4.85. The summed E-state index contributed by atoms with van der Waals surface area (Å²) in [7, 11) is 0. The predicted molar refractivity (Wildman–Crippen MR) is 80.0 cm³/mol. The van der Waals surface area contributed by atoms with Crippen LogP contribution in [0.2, 0.25) is 0 Å². The number of hydrogen-bond acceptors (Lipinski definition) is 4. The van der Waals surface area contributed by atoms with Crippen molar-refractivity contribution in [2.45, 2.75) is 32.4 Å². The van der Waals surface area contributed by atoms with E-state index in [1.165, 1.54) is 0 Å². The molecule has 0 aliphatic rings. The second kappa shape index (κ2) is 7.47. The van der Waals surface area contributed by atoms with Crippen molar-refractivity contribution in [1.82, 2.24) is 10.3 Å². The fourth-order valence-corrected chi connectivity index (χ4v) is 2.67. The monoisotopic (exact) mass is 312 g/mol. The van der Waals surface area contributed by atoms with E-state index in [4.69, 9.17) is 0 Å².